The Kier molecular flexibility index (Phi) is 4.09. The van der Waals surface area contributed by atoms with E-state index in [1.165, 1.54) is 0 Å². The molecule has 20 heavy (non-hydrogen) atoms. The van der Waals surface area contributed by atoms with Crippen LogP contribution in [0.1, 0.15) is 46.5 Å². The van der Waals surface area contributed by atoms with Gasteiger partial charge in [-0.05, 0) is 46.0 Å². The van der Waals surface area contributed by atoms with Crippen molar-refractivity contribution in [2.24, 2.45) is 5.92 Å². The van der Waals surface area contributed by atoms with E-state index in [2.05, 4.69) is 0 Å². The third kappa shape index (κ3) is 2.68. The smallest absolute Gasteiger partial charge is 0.411 e. The Balaban J connectivity index is 2.21. The molecule has 0 aromatic heterocycles. The fourth-order valence-corrected chi connectivity index (χ4v) is 3.48. The average molecular weight is 283 g/mol. The van der Waals surface area contributed by atoms with Crippen molar-refractivity contribution in [1.29, 1.82) is 0 Å². The molecule has 1 heterocycles. The molecule has 2 rings (SSSR count). The Morgan fingerprint density at radius 2 is 2.00 bits per heavy atom. The molecule has 0 aromatic carbocycles. The van der Waals surface area contributed by atoms with Crippen LogP contribution in [0.25, 0.3) is 0 Å². The number of likely N-dealkylation sites (tertiary alicyclic amines) is 1. The van der Waals surface area contributed by atoms with Gasteiger partial charge in [0.05, 0.1) is 6.10 Å². The molecule has 1 aliphatic carbocycles. The molecule has 3 atom stereocenters. The predicted molar refractivity (Wildman–Crippen MR) is 74.5 cm³/mol. The zero-order valence-corrected chi connectivity index (χ0v) is 12.8. The van der Waals surface area contributed by atoms with Gasteiger partial charge < -0.3 is 14.3 Å². The van der Waals surface area contributed by atoms with E-state index in [0.29, 0.717) is 13.0 Å². The van der Waals surface area contributed by atoms with Crippen LogP contribution in [0.15, 0.2) is 0 Å². The highest BCUT2D eigenvalue weighted by Gasteiger charge is 2.55. The van der Waals surface area contributed by atoms with Crippen LogP contribution >= 0.6 is 0 Å². The fourth-order valence-electron chi connectivity index (χ4n) is 3.48. The molecule has 0 N–H and O–H groups in total. The van der Waals surface area contributed by atoms with Crippen LogP contribution in [0.3, 0.4) is 0 Å². The summed E-state index contributed by atoms with van der Waals surface area (Å²) in [5, 5.41) is 0. The summed E-state index contributed by atoms with van der Waals surface area (Å²) in [5.74, 6) is 0.235. The quantitative estimate of drug-likeness (QED) is 0.730. The highest BCUT2D eigenvalue weighted by molar-refractivity contribution is 5.78. The van der Waals surface area contributed by atoms with Crippen LogP contribution in [0.4, 0.5) is 4.79 Å². The summed E-state index contributed by atoms with van der Waals surface area (Å²) in [6.45, 7) is 6.11. The van der Waals surface area contributed by atoms with Crippen LogP contribution in [0.5, 0.6) is 0 Å². The zero-order chi connectivity index (χ0) is 15.0. The maximum absolute atomic E-state index is 12.4. The van der Waals surface area contributed by atoms with E-state index in [1.807, 2.05) is 20.8 Å². The standard InChI is InChI=1S/C15H25NO4/c1-14(2,3)20-13(18)16-8-7-11-5-6-12(19-4)9-15(11,16)10-17/h10-12H,5-9H2,1-4H3/t11-,12-,15+/m0/s1. The van der Waals surface area contributed by atoms with Gasteiger partial charge in [-0.2, -0.15) is 0 Å². The molecular formula is C15H25NO4. The van der Waals surface area contributed by atoms with E-state index in [9.17, 15) is 9.59 Å². The van der Waals surface area contributed by atoms with E-state index >= 15 is 0 Å². The molecule has 0 aromatic rings. The number of hydrogen-bond donors (Lipinski definition) is 0. The highest BCUT2D eigenvalue weighted by atomic mass is 16.6. The molecule has 0 radical (unpaired) electrons. The first-order valence-corrected chi connectivity index (χ1v) is 7.32. The van der Waals surface area contributed by atoms with Gasteiger partial charge in [0, 0.05) is 20.1 Å². The Morgan fingerprint density at radius 1 is 1.30 bits per heavy atom. The van der Waals surface area contributed by atoms with E-state index in [0.717, 1.165) is 25.5 Å². The first-order chi connectivity index (χ1) is 9.32. The first kappa shape index (κ1) is 15.3. The van der Waals surface area contributed by atoms with Gasteiger partial charge in [0.1, 0.15) is 17.4 Å². The summed E-state index contributed by atoms with van der Waals surface area (Å²) in [6.07, 6.45) is 3.93. The van der Waals surface area contributed by atoms with E-state index < -0.39 is 11.1 Å². The summed E-state index contributed by atoms with van der Waals surface area (Å²) in [4.78, 5) is 25.8. The third-order valence-corrected chi connectivity index (χ3v) is 4.45. The Labute approximate surface area is 120 Å². The number of methoxy groups -OCH3 is 1. The van der Waals surface area contributed by atoms with E-state index in [-0.39, 0.29) is 18.1 Å². The minimum absolute atomic E-state index is 0.0412. The number of nitrogens with zero attached hydrogens (tertiary/aromatic N) is 1. The van der Waals surface area contributed by atoms with Gasteiger partial charge in [-0.3, -0.25) is 4.90 Å². The Hall–Kier alpha value is -1.10. The van der Waals surface area contributed by atoms with Gasteiger partial charge in [0.15, 0.2) is 0 Å². The first-order valence-electron chi connectivity index (χ1n) is 7.32. The molecule has 1 aliphatic heterocycles. The number of ether oxygens (including phenoxy) is 2. The van der Waals surface area contributed by atoms with Gasteiger partial charge in [-0.1, -0.05) is 0 Å². The minimum atomic E-state index is -0.735. The van der Waals surface area contributed by atoms with Gasteiger partial charge in [0.25, 0.3) is 0 Å². The van der Waals surface area contributed by atoms with Gasteiger partial charge in [-0.25, -0.2) is 4.79 Å². The summed E-state index contributed by atoms with van der Waals surface area (Å²) in [6, 6.07) is 0. The lowest BCUT2D eigenvalue weighted by Gasteiger charge is -2.43. The molecule has 5 nitrogen and oxygen atoms in total. The lowest BCUT2D eigenvalue weighted by Crippen LogP contribution is -2.57. The largest absolute Gasteiger partial charge is 0.444 e. The molecule has 0 spiro atoms. The molecule has 5 heteroatoms. The van der Waals surface area contributed by atoms with Crippen LogP contribution in [0, 0.1) is 5.92 Å². The Bertz CT molecular complexity index is 390. The molecule has 1 amide bonds. The van der Waals surface area contributed by atoms with Crippen LogP contribution in [-0.4, -0.2) is 48.2 Å². The molecule has 0 bridgehead atoms. The van der Waals surface area contributed by atoms with Crippen molar-refractivity contribution in [3.05, 3.63) is 0 Å². The van der Waals surface area contributed by atoms with Crippen LogP contribution < -0.4 is 0 Å². The zero-order valence-electron chi connectivity index (χ0n) is 12.8. The molecule has 114 valence electrons. The van der Waals surface area contributed by atoms with Crippen molar-refractivity contribution >= 4 is 12.4 Å². The molecule has 2 aliphatic rings. The summed E-state index contributed by atoms with van der Waals surface area (Å²) in [7, 11) is 1.66. The second-order valence-electron chi connectivity index (χ2n) is 6.87. The summed E-state index contributed by atoms with van der Waals surface area (Å²) < 4.78 is 10.9. The number of fused-ring (bicyclic) bond motifs is 1. The highest BCUT2D eigenvalue weighted by Crippen LogP contribution is 2.45. The number of carbonyl (C=O) groups excluding carboxylic acids is 2. The van der Waals surface area contributed by atoms with Crippen molar-refractivity contribution in [2.45, 2.75) is 63.7 Å². The SMILES string of the molecule is CO[C@H]1CC[C@H]2CCN(C(=O)OC(C)(C)C)[C@@]2(C=O)C1. The van der Waals surface area contributed by atoms with Crippen LogP contribution in [0.2, 0.25) is 0 Å². The van der Waals surface area contributed by atoms with Gasteiger partial charge >= 0.3 is 6.09 Å². The maximum Gasteiger partial charge on any atom is 0.411 e. The van der Waals surface area contributed by atoms with Crippen molar-refractivity contribution in [2.75, 3.05) is 13.7 Å². The van der Waals surface area contributed by atoms with Crippen molar-refractivity contribution < 1.29 is 19.1 Å². The van der Waals surface area contributed by atoms with Gasteiger partial charge in [-0.15, -0.1) is 0 Å². The van der Waals surface area contributed by atoms with E-state index in [4.69, 9.17) is 9.47 Å². The summed E-state index contributed by atoms with van der Waals surface area (Å²) >= 11 is 0. The maximum atomic E-state index is 12.4. The number of rotatable bonds is 2. The predicted octanol–water partition coefficient (Wildman–Crippen LogP) is 2.38. The lowest BCUT2D eigenvalue weighted by atomic mass is 9.73. The third-order valence-electron chi connectivity index (χ3n) is 4.45. The number of hydrogen-bond acceptors (Lipinski definition) is 4. The van der Waals surface area contributed by atoms with Crippen LogP contribution in [-0.2, 0) is 14.3 Å². The number of aldehydes is 1. The fraction of sp³-hybridized carbons (Fsp3) is 0.867. The van der Waals surface area contributed by atoms with Crippen molar-refractivity contribution in [3.8, 4) is 0 Å². The Morgan fingerprint density at radius 3 is 2.55 bits per heavy atom. The van der Waals surface area contributed by atoms with Crippen molar-refractivity contribution in [1.82, 2.24) is 4.90 Å². The lowest BCUT2D eigenvalue weighted by molar-refractivity contribution is -0.124. The molecule has 1 saturated carbocycles. The topological polar surface area (TPSA) is 55.8 Å². The summed E-state index contributed by atoms with van der Waals surface area (Å²) in [5.41, 5.74) is -1.28. The average Bonchev–Trinajstić information content (AvgIpc) is 2.75. The molecular weight excluding hydrogens is 258 g/mol. The minimum Gasteiger partial charge on any atom is -0.444 e. The number of amides is 1. The number of carbonyl (C=O) groups is 2. The molecule has 0 unspecified atom stereocenters. The van der Waals surface area contributed by atoms with Crippen molar-refractivity contribution in [3.63, 3.8) is 0 Å². The second kappa shape index (κ2) is 5.35. The monoisotopic (exact) mass is 283 g/mol. The second-order valence-corrected chi connectivity index (χ2v) is 6.87. The normalized spacial score (nSPS) is 33.7. The molecule has 2 fully saturated rings. The molecule has 1 saturated heterocycles. The van der Waals surface area contributed by atoms with Gasteiger partial charge in [0.2, 0.25) is 0 Å². The van der Waals surface area contributed by atoms with E-state index in [1.54, 1.807) is 12.0 Å².